The van der Waals surface area contributed by atoms with Crippen LogP contribution in [0.15, 0.2) is 39.7 Å². The molecule has 24 heavy (non-hydrogen) atoms. The van der Waals surface area contributed by atoms with E-state index in [4.69, 9.17) is 9.15 Å². The molecule has 0 spiro atoms. The van der Waals surface area contributed by atoms with E-state index in [0.29, 0.717) is 0 Å². The normalized spacial score (nSPS) is 11.3. The number of guanidine groups is 1. The van der Waals surface area contributed by atoms with E-state index in [1.54, 1.807) is 7.05 Å². The number of fused-ring (bicyclic) bond motifs is 1. The van der Waals surface area contributed by atoms with Crippen LogP contribution in [0.25, 0.3) is 11.0 Å². The Kier molecular flexibility index (Phi) is 10.5. The fourth-order valence-electron chi connectivity index (χ4n) is 2.37. The zero-order chi connectivity index (χ0) is 16.3. The van der Waals surface area contributed by atoms with Gasteiger partial charge in [-0.05, 0) is 31.9 Å². The third-order valence-electron chi connectivity index (χ3n) is 3.58. The zero-order valence-electron chi connectivity index (χ0n) is 14.5. The van der Waals surface area contributed by atoms with Gasteiger partial charge in [-0.1, -0.05) is 18.2 Å². The molecule has 0 saturated carbocycles. The summed E-state index contributed by atoms with van der Waals surface area (Å²) in [6.07, 6.45) is 2.97. The molecule has 5 nitrogen and oxygen atoms in total. The highest BCUT2D eigenvalue weighted by atomic mass is 127. The average molecular weight is 445 g/mol. The Balaban J connectivity index is 0.00000288. The number of unbranched alkanes of at least 4 members (excludes halogenated alkanes) is 1. The fourth-order valence-corrected chi connectivity index (χ4v) is 2.37. The quantitative estimate of drug-likeness (QED) is 0.268. The first-order valence-corrected chi connectivity index (χ1v) is 8.33. The van der Waals surface area contributed by atoms with E-state index in [1.165, 1.54) is 0 Å². The Labute approximate surface area is 161 Å². The van der Waals surface area contributed by atoms with Crippen molar-refractivity contribution in [2.75, 3.05) is 33.4 Å². The first-order chi connectivity index (χ1) is 11.3. The molecular formula is C18H28IN3O2. The van der Waals surface area contributed by atoms with Crippen molar-refractivity contribution in [2.24, 2.45) is 4.99 Å². The molecule has 0 unspecified atom stereocenters. The smallest absolute Gasteiger partial charge is 0.190 e. The van der Waals surface area contributed by atoms with E-state index in [1.807, 2.05) is 25.1 Å². The second-order valence-electron chi connectivity index (χ2n) is 5.33. The van der Waals surface area contributed by atoms with Gasteiger partial charge in [0.2, 0.25) is 0 Å². The van der Waals surface area contributed by atoms with Crippen LogP contribution in [0.3, 0.4) is 0 Å². The third kappa shape index (κ3) is 7.09. The predicted molar refractivity (Wildman–Crippen MR) is 110 cm³/mol. The lowest BCUT2D eigenvalue weighted by molar-refractivity contribution is 0.143. The number of nitrogens with zero attached hydrogens (tertiary/aromatic N) is 1. The summed E-state index contributed by atoms with van der Waals surface area (Å²) in [5.74, 6) is 1.82. The maximum Gasteiger partial charge on any atom is 0.190 e. The molecule has 0 radical (unpaired) electrons. The summed E-state index contributed by atoms with van der Waals surface area (Å²) in [5, 5.41) is 7.78. The van der Waals surface area contributed by atoms with E-state index in [2.05, 4.69) is 27.8 Å². The van der Waals surface area contributed by atoms with Gasteiger partial charge in [-0.15, -0.1) is 24.0 Å². The van der Waals surface area contributed by atoms with Crippen molar-refractivity contribution in [1.29, 1.82) is 0 Å². The summed E-state index contributed by atoms with van der Waals surface area (Å²) in [7, 11) is 1.79. The number of hydrogen-bond acceptors (Lipinski definition) is 3. The fraction of sp³-hybridized carbons (Fsp3) is 0.500. The first kappa shape index (κ1) is 20.8. The van der Waals surface area contributed by atoms with Crippen molar-refractivity contribution in [3.05, 3.63) is 36.1 Å². The average Bonchev–Trinajstić information content (AvgIpc) is 2.99. The predicted octanol–water partition coefficient (Wildman–Crippen LogP) is 3.58. The molecule has 0 aliphatic rings. The van der Waals surface area contributed by atoms with Crippen molar-refractivity contribution < 1.29 is 9.15 Å². The molecule has 0 bridgehead atoms. The van der Waals surface area contributed by atoms with Gasteiger partial charge in [0.05, 0.1) is 0 Å². The number of benzene rings is 1. The van der Waals surface area contributed by atoms with E-state index < -0.39 is 0 Å². The zero-order valence-corrected chi connectivity index (χ0v) is 16.8. The van der Waals surface area contributed by atoms with E-state index in [9.17, 15) is 0 Å². The molecule has 0 saturated heterocycles. The van der Waals surface area contributed by atoms with E-state index in [0.717, 1.165) is 68.3 Å². The summed E-state index contributed by atoms with van der Waals surface area (Å²) in [6, 6.07) is 10.2. The van der Waals surface area contributed by atoms with Gasteiger partial charge >= 0.3 is 0 Å². The van der Waals surface area contributed by atoms with Crippen LogP contribution in [0, 0.1) is 0 Å². The number of halogens is 1. The molecule has 0 aliphatic heterocycles. The lowest BCUT2D eigenvalue weighted by atomic mass is 10.2. The highest BCUT2D eigenvalue weighted by Crippen LogP contribution is 2.18. The minimum atomic E-state index is 0. The molecule has 6 heteroatoms. The Morgan fingerprint density at radius 3 is 2.71 bits per heavy atom. The number of hydrogen-bond donors (Lipinski definition) is 2. The SMILES string of the molecule is CCOCCCCNC(=NC)NCCc1cc2ccccc2o1.I. The number of ether oxygens (including phenoxy) is 1. The molecular weight excluding hydrogens is 417 g/mol. The van der Waals surface area contributed by atoms with Crippen molar-refractivity contribution in [3.8, 4) is 0 Å². The number of rotatable bonds is 9. The van der Waals surface area contributed by atoms with Crippen LogP contribution < -0.4 is 10.6 Å². The monoisotopic (exact) mass is 445 g/mol. The number of para-hydroxylation sites is 1. The Hall–Kier alpha value is -1.28. The summed E-state index contributed by atoms with van der Waals surface area (Å²) in [5.41, 5.74) is 0.944. The van der Waals surface area contributed by atoms with Gasteiger partial charge in [0.15, 0.2) is 5.96 Å². The molecule has 0 atom stereocenters. The second-order valence-corrected chi connectivity index (χ2v) is 5.33. The third-order valence-corrected chi connectivity index (χ3v) is 3.58. The maximum atomic E-state index is 5.81. The topological polar surface area (TPSA) is 58.8 Å². The Morgan fingerprint density at radius 1 is 1.17 bits per heavy atom. The Bertz CT molecular complexity index is 580. The molecule has 0 fully saturated rings. The molecule has 0 aliphatic carbocycles. The summed E-state index contributed by atoms with van der Waals surface area (Å²) in [4.78, 5) is 4.23. The molecule has 2 N–H and O–H groups in total. The van der Waals surface area contributed by atoms with Crippen LogP contribution in [0.2, 0.25) is 0 Å². The highest BCUT2D eigenvalue weighted by Gasteiger charge is 2.03. The lowest BCUT2D eigenvalue weighted by Gasteiger charge is -2.11. The molecule has 1 heterocycles. The molecule has 2 rings (SSSR count). The van der Waals surface area contributed by atoms with Gasteiger partial charge in [-0.2, -0.15) is 0 Å². The largest absolute Gasteiger partial charge is 0.461 e. The molecule has 1 aromatic heterocycles. The van der Waals surface area contributed by atoms with Crippen LogP contribution in [0.1, 0.15) is 25.5 Å². The van der Waals surface area contributed by atoms with Crippen molar-refractivity contribution in [1.82, 2.24) is 10.6 Å². The van der Waals surface area contributed by atoms with Crippen molar-refractivity contribution in [3.63, 3.8) is 0 Å². The number of aliphatic imine (C=N–C) groups is 1. The minimum Gasteiger partial charge on any atom is -0.461 e. The molecule has 2 aromatic rings. The number of nitrogens with one attached hydrogen (secondary N) is 2. The van der Waals surface area contributed by atoms with Gasteiger partial charge in [-0.25, -0.2) is 0 Å². The minimum absolute atomic E-state index is 0. The van der Waals surface area contributed by atoms with E-state index >= 15 is 0 Å². The summed E-state index contributed by atoms with van der Waals surface area (Å²) >= 11 is 0. The lowest BCUT2D eigenvalue weighted by Crippen LogP contribution is -2.38. The van der Waals surface area contributed by atoms with Gasteiger partial charge in [0.25, 0.3) is 0 Å². The van der Waals surface area contributed by atoms with E-state index in [-0.39, 0.29) is 24.0 Å². The number of furan rings is 1. The summed E-state index contributed by atoms with van der Waals surface area (Å²) < 4.78 is 11.1. The van der Waals surface area contributed by atoms with Crippen molar-refractivity contribution in [2.45, 2.75) is 26.2 Å². The van der Waals surface area contributed by atoms with Crippen LogP contribution in [-0.4, -0.2) is 39.3 Å². The molecule has 134 valence electrons. The van der Waals surface area contributed by atoms with Crippen LogP contribution in [0.5, 0.6) is 0 Å². The van der Waals surface area contributed by atoms with Gasteiger partial charge < -0.3 is 19.8 Å². The van der Waals surface area contributed by atoms with Crippen LogP contribution in [-0.2, 0) is 11.2 Å². The maximum absolute atomic E-state index is 5.81. The first-order valence-electron chi connectivity index (χ1n) is 8.33. The molecule has 0 amide bonds. The van der Waals surface area contributed by atoms with Crippen LogP contribution >= 0.6 is 24.0 Å². The highest BCUT2D eigenvalue weighted by molar-refractivity contribution is 14.0. The standard InChI is InChI=1S/C18H27N3O2.HI/c1-3-22-13-7-6-11-20-18(19-2)21-12-10-16-14-15-8-4-5-9-17(15)23-16;/h4-5,8-9,14H,3,6-7,10-13H2,1-2H3,(H2,19,20,21);1H. The molecule has 1 aromatic carbocycles. The van der Waals surface area contributed by atoms with Crippen molar-refractivity contribution >= 4 is 40.9 Å². The van der Waals surface area contributed by atoms with Gasteiger partial charge in [0.1, 0.15) is 11.3 Å². The second kappa shape index (κ2) is 12.1. The summed E-state index contributed by atoms with van der Waals surface area (Å²) in [6.45, 7) is 5.33. The van der Waals surface area contributed by atoms with Gasteiger partial charge in [-0.3, -0.25) is 4.99 Å². The van der Waals surface area contributed by atoms with Gasteiger partial charge in [0, 0.05) is 45.2 Å². The Morgan fingerprint density at radius 2 is 1.96 bits per heavy atom. The van der Waals surface area contributed by atoms with Crippen LogP contribution in [0.4, 0.5) is 0 Å².